The predicted molar refractivity (Wildman–Crippen MR) is 94.6 cm³/mol. The molecule has 0 aromatic carbocycles. The molecule has 1 atom stereocenters. The predicted octanol–water partition coefficient (Wildman–Crippen LogP) is 1.33. The molecule has 0 aliphatic heterocycles. The number of fused-ring (bicyclic) bond motifs is 1. The molecule has 1 amide bonds. The molecule has 132 valence electrons. The molecule has 3 aromatic rings. The molecule has 1 aliphatic rings. The van der Waals surface area contributed by atoms with Gasteiger partial charge in [0.05, 0.1) is 17.8 Å². The van der Waals surface area contributed by atoms with Crippen LogP contribution in [0.4, 0.5) is 0 Å². The number of amides is 1. The van der Waals surface area contributed by atoms with Gasteiger partial charge >= 0.3 is 0 Å². The van der Waals surface area contributed by atoms with Gasteiger partial charge in [0, 0.05) is 18.6 Å². The average Bonchev–Trinajstić information content (AvgIpc) is 2.65. The van der Waals surface area contributed by atoms with Crippen LogP contribution in [0.3, 0.4) is 0 Å². The Balaban J connectivity index is 1.65. The first-order valence-electron chi connectivity index (χ1n) is 8.50. The fourth-order valence-electron chi connectivity index (χ4n) is 3.30. The Morgan fingerprint density at radius 1 is 1.19 bits per heavy atom. The van der Waals surface area contributed by atoms with E-state index in [9.17, 15) is 14.7 Å². The van der Waals surface area contributed by atoms with Gasteiger partial charge in [-0.05, 0) is 43.0 Å². The van der Waals surface area contributed by atoms with Gasteiger partial charge in [0.2, 0.25) is 0 Å². The number of carbonyl (C=O) groups excluding carboxylic acids is 1. The highest BCUT2D eigenvalue weighted by Crippen LogP contribution is 2.37. The Kier molecular flexibility index (Phi) is 4.22. The van der Waals surface area contributed by atoms with Crippen LogP contribution in [0.1, 0.15) is 34.9 Å². The number of carbonyl (C=O) groups is 1. The van der Waals surface area contributed by atoms with Gasteiger partial charge < -0.3 is 10.4 Å². The normalized spacial score (nSPS) is 20.3. The molecule has 1 aliphatic carbocycles. The van der Waals surface area contributed by atoms with Gasteiger partial charge in [-0.2, -0.15) is 0 Å². The first-order chi connectivity index (χ1) is 12.6. The maximum atomic E-state index is 12.8. The molecule has 0 radical (unpaired) electrons. The van der Waals surface area contributed by atoms with Crippen molar-refractivity contribution in [2.45, 2.75) is 25.0 Å². The number of nitrogens with one attached hydrogen (secondary N) is 1. The highest BCUT2D eigenvalue weighted by Gasteiger charge is 2.36. The second kappa shape index (κ2) is 6.68. The number of nitrogens with zero attached hydrogens (tertiary/aromatic N) is 3. The quantitative estimate of drug-likeness (QED) is 0.740. The summed E-state index contributed by atoms with van der Waals surface area (Å²) in [6, 6.07) is 10.3. The van der Waals surface area contributed by atoms with Gasteiger partial charge in [0.25, 0.3) is 11.5 Å². The third-order valence-corrected chi connectivity index (χ3v) is 4.77. The second-order valence-corrected chi connectivity index (χ2v) is 6.50. The molecule has 0 bridgehead atoms. The van der Waals surface area contributed by atoms with Crippen LogP contribution in [0.25, 0.3) is 5.65 Å². The van der Waals surface area contributed by atoms with Gasteiger partial charge in [0.15, 0.2) is 0 Å². The lowest BCUT2D eigenvalue weighted by molar-refractivity contribution is 0.0228. The number of hydrogen-bond donors (Lipinski definition) is 2. The molecule has 3 aromatic heterocycles. The lowest BCUT2D eigenvalue weighted by Gasteiger charge is -2.37. The molecular weight excluding hydrogens is 332 g/mol. The smallest absolute Gasteiger partial charge is 0.270 e. The maximum absolute atomic E-state index is 12.8. The highest BCUT2D eigenvalue weighted by molar-refractivity contribution is 5.94. The molecule has 0 unspecified atom stereocenters. The second-order valence-electron chi connectivity index (χ2n) is 6.50. The topological polar surface area (TPSA) is 96.6 Å². The third kappa shape index (κ3) is 2.97. The summed E-state index contributed by atoms with van der Waals surface area (Å²) in [6.07, 6.45) is 5.39. The summed E-state index contributed by atoms with van der Waals surface area (Å²) in [4.78, 5) is 33.9. The Bertz CT molecular complexity index is 996. The van der Waals surface area contributed by atoms with Crippen LogP contribution in [0, 0.1) is 5.92 Å². The fourth-order valence-corrected chi connectivity index (χ4v) is 3.30. The maximum Gasteiger partial charge on any atom is 0.270 e. The summed E-state index contributed by atoms with van der Waals surface area (Å²) in [5.41, 5.74) is 0.764. The lowest BCUT2D eigenvalue weighted by Crippen LogP contribution is -2.43. The number of rotatable bonds is 4. The largest absolute Gasteiger partial charge is 0.393 e. The molecule has 2 N–H and O–H groups in total. The number of pyridine rings is 2. The Hall–Kier alpha value is -3.06. The van der Waals surface area contributed by atoms with Crippen LogP contribution in [0.15, 0.2) is 59.8 Å². The minimum absolute atomic E-state index is 0.0190. The summed E-state index contributed by atoms with van der Waals surface area (Å²) >= 11 is 0. The van der Waals surface area contributed by atoms with Crippen molar-refractivity contribution in [3.63, 3.8) is 0 Å². The SMILES string of the molecule is O=C(N[C@H](c1ccccn1)C1CC(O)C1)c1cnc2ccccn2c1=O. The van der Waals surface area contributed by atoms with Crippen molar-refractivity contribution in [3.05, 3.63) is 76.6 Å². The van der Waals surface area contributed by atoms with Gasteiger partial charge in [-0.1, -0.05) is 12.1 Å². The zero-order valence-electron chi connectivity index (χ0n) is 13.9. The van der Waals surface area contributed by atoms with Gasteiger partial charge in [-0.25, -0.2) is 4.98 Å². The molecule has 4 rings (SSSR count). The van der Waals surface area contributed by atoms with Crippen molar-refractivity contribution >= 4 is 11.6 Å². The minimum Gasteiger partial charge on any atom is -0.393 e. The number of aromatic nitrogens is 3. The van der Waals surface area contributed by atoms with E-state index in [0.717, 1.165) is 0 Å². The molecule has 0 spiro atoms. The molecular formula is C19H18N4O3. The molecule has 1 saturated carbocycles. The average molecular weight is 350 g/mol. The Morgan fingerprint density at radius 3 is 2.73 bits per heavy atom. The van der Waals surface area contributed by atoms with Crippen LogP contribution >= 0.6 is 0 Å². The van der Waals surface area contributed by atoms with Gasteiger partial charge in [0.1, 0.15) is 11.2 Å². The van der Waals surface area contributed by atoms with Crippen molar-refractivity contribution in [1.82, 2.24) is 19.7 Å². The number of aliphatic hydroxyl groups is 1. The summed E-state index contributed by atoms with van der Waals surface area (Å²) < 4.78 is 1.35. The van der Waals surface area contributed by atoms with Crippen LogP contribution in [-0.4, -0.2) is 31.5 Å². The van der Waals surface area contributed by atoms with Crippen LogP contribution in [0.2, 0.25) is 0 Å². The van der Waals surface area contributed by atoms with Crippen molar-refractivity contribution in [3.8, 4) is 0 Å². The monoisotopic (exact) mass is 350 g/mol. The lowest BCUT2D eigenvalue weighted by atomic mass is 9.76. The summed E-state index contributed by atoms with van der Waals surface area (Å²) in [6.45, 7) is 0. The first-order valence-corrected chi connectivity index (χ1v) is 8.50. The van der Waals surface area contributed by atoms with Crippen molar-refractivity contribution in [2.24, 2.45) is 5.92 Å². The third-order valence-electron chi connectivity index (χ3n) is 4.77. The molecule has 7 nitrogen and oxygen atoms in total. The minimum atomic E-state index is -0.488. The zero-order chi connectivity index (χ0) is 18.1. The van der Waals surface area contributed by atoms with E-state index in [2.05, 4.69) is 15.3 Å². The van der Waals surface area contributed by atoms with Gasteiger partial charge in [-0.15, -0.1) is 0 Å². The van der Waals surface area contributed by atoms with E-state index in [-0.39, 0.29) is 23.6 Å². The van der Waals surface area contributed by atoms with Crippen molar-refractivity contribution < 1.29 is 9.90 Å². The van der Waals surface area contributed by atoms with E-state index in [0.29, 0.717) is 24.2 Å². The molecule has 3 heterocycles. The molecule has 7 heteroatoms. The van der Waals surface area contributed by atoms with Crippen LogP contribution < -0.4 is 10.9 Å². The fraction of sp³-hybridized carbons (Fsp3) is 0.263. The summed E-state index contributed by atoms with van der Waals surface area (Å²) in [5, 5.41) is 12.5. The number of aliphatic hydroxyl groups excluding tert-OH is 1. The van der Waals surface area contributed by atoms with Crippen molar-refractivity contribution in [1.29, 1.82) is 0 Å². The van der Waals surface area contributed by atoms with E-state index in [1.54, 1.807) is 36.7 Å². The first kappa shape index (κ1) is 16.4. The zero-order valence-corrected chi connectivity index (χ0v) is 13.9. The Labute approximate surface area is 149 Å². The molecule has 1 fully saturated rings. The van der Waals surface area contributed by atoms with E-state index >= 15 is 0 Å². The van der Waals surface area contributed by atoms with Gasteiger partial charge in [-0.3, -0.25) is 19.0 Å². The molecule has 0 saturated heterocycles. The summed E-state index contributed by atoms with van der Waals surface area (Å²) in [5.74, 6) is -0.405. The van der Waals surface area contributed by atoms with Crippen LogP contribution in [0.5, 0.6) is 0 Å². The van der Waals surface area contributed by atoms with Crippen molar-refractivity contribution in [2.75, 3.05) is 0 Å². The standard InChI is InChI=1S/C19H18N4O3/c24-13-9-12(10-13)17(15-5-1-3-7-20-15)22-18(25)14-11-21-16-6-2-4-8-23(16)19(14)26/h1-8,11-13,17,24H,9-10H2,(H,22,25)/t12?,13?,17-/m0/s1. The Morgan fingerprint density at radius 2 is 2.00 bits per heavy atom. The van der Waals surface area contributed by atoms with E-state index in [1.807, 2.05) is 12.1 Å². The van der Waals surface area contributed by atoms with E-state index < -0.39 is 11.5 Å². The molecule has 26 heavy (non-hydrogen) atoms. The highest BCUT2D eigenvalue weighted by atomic mass is 16.3. The summed E-state index contributed by atoms with van der Waals surface area (Å²) in [7, 11) is 0. The van der Waals surface area contributed by atoms with E-state index in [1.165, 1.54) is 10.6 Å². The van der Waals surface area contributed by atoms with E-state index in [4.69, 9.17) is 0 Å². The van der Waals surface area contributed by atoms with Crippen LogP contribution in [-0.2, 0) is 0 Å². The number of hydrogen-bond acceptors (Lipinski definition) is 5.